The predicted octanol–water partition coefficient (Wildman–Crippen LogP) is 1.34. The standard InChI is InChI=1S/C12H26N2O/c1-4-11(2)12(13-3)10-14-6-5-8-15-9-7-14/h11-13H,4-10H2,1-3H3. The second-order valence-corrected chi connectivity index (χ2v) is 4.55. The molecule has 2 atom stereocenters. The van der Waals surface area contributed by atoms with Crippen LogP contribution in [0.2, 0.25) is 0 Å². The van der Waals surface area contributed by atoms with Gasteiger partial charge in [-0.2, -0.15) is 0 Å². The van der Waals surface area contributed by atoms with Crippen LogP contribution >= 0.6 is 0 Å². The Bertz CT molecular complexity index is 156. The van der Waals surface area contributed by atoms with E-state index in [0.29, 0.717) is 6.04 Å². The first-order valence-corrected chi connectivity index (χ1v) is 6.25. The van der Waals surface area contributed by atoms with Crippen LogP contribution in [0.25, 0.3) is 0 Å². The molecule has 1 heterocycles. The van der Waals surface area contributed by atoms with E-state index in [4.69, 9.17) is 4.74 Å². The summed E-state index contributed by atoms with van der Waals surface area (Å²) >= 11 is 0. The number of hydrogen-bond donors (Lipinski definition) is 1. The minimum atomic E-state index is 0.619. The monoisotopic (exact) mass is 214 g/mol. The topological polar surface area (TPSA) is 24.5 Å². The molecule has 1 rings (SSSR count). The fourth-order valence-electron chi connectivity index (χ4n) is 2.10. The van der Waals surface area contributed by atoms with Gasteiger partial charge in [0.05, 0.1) is 6.61 Å². The van der Waals surface area contributed by atoms with Crippen molar-refractivity contribution in [2.45, 2.75) is 32.7 Å². The average molecular weight is 214 g/mol. The van der Waals surface area contributed by atoms with Crippen LogP contribution < -0.4 is 5.32 Å². The van der Waals surface area contributed by atoms with Crippen molar-refractivity contribution in [1.29, 1.82) is 0 Å². The smallest absolute Gasteiger partial charge is 0.0593 e. The van der Waals surface area contributed by atoms with Crippen LogP contribution in [-0.4, -0.2) is 50.8 Å². The Morgan fingerprint density at radius 2 is 2.13 bits per heavy atom. The minimum absolute atomic E-state index is 0.619. The van der Waals surface area contributed by atoms with Crippen LogP contribution in [-0.2, 0) is 4.74 Å². The normalized spacial score (nSPS) is 23.4. The zero-order valence-corrected chi connectivity index (χ0v) is 10.5. The van der Waals surface area contributed by atoms with Crippen molar-refractivity contribution >= 4 is 0 Å². The van der Waals surface area contributed by atoms with Crippen LogP contribution in [0.15, 0.2) is 0 Å². The van der Waals surface area contributed by atoms with E-state index < -0.39 is 0 Å². The van der Waals surface area contributed by atoms with Crippen LogP contribution in [0.3, 0.4) is 0 Å². The lowest BCUT2D eigenvalue weighted by Gasteiger charge is -2.29. The molecular formula is C12H26N2O. The summed E-state index contributed by atoms with van der Waals surface area (Å²) in [7, 11) is 2.07. The minimum Gasteiger partial charge on any atom is -0.380 e. The van der Waals surface area contributed by atoms with Gasteiger partial charge in [-0.1, -0.05) is 20.3 Å². The van der Waals surface area contributed by atoms with E-state index in [2.05, 4.69) is 31.1 Å². The zero-order valence-electron chi connectivity index (χ0n) is 10.5. The average Bonchev–Trinajstić information content (AvgIpc) is 2.53. The molecule has 0 saturated carbocycles. The van der Waals surface area contributed by atoms with Gasteiger partial charge in [0, 0.05) is 32.3 Å². The van der Waals surface area contributed by atoms with E-state index in [9.17, 15) is 0 Å². The highest BCUT2D eigenvalue weighted by Crippen LogP contribution is 2.10. The van der Waals surface area contributed by atoms with E-state index in [0.717, 1.165) is 32.2 Å². The van der Waals surface area contributed by atoms with Crippen molar-refractivity contribution in [3.8, 4) is 0 Å². The Morgan fingerprint density at radius 3 is 2.80 bits per heavy atom. The van der Waals surface area contributed by atoms with E-state index in [1.54, 1.807) is 0 Å². The number of likely N-dealkylation sites (N-methyl/N-ethyl adjacent to an activating group) is 1. The second-order valence-electron chi connectivity index (χ2n) is 4.55. The summed E-state index contributed by atoms with van der Waals surface area (Å²) in [5, 5.41) is 3.44. The van der Waals surface area contributed by atoms with Crippen LogP contribution in [0.1, 0.15) is 26.7 Å². The van der Waals surface area contributed by atoms with Gasteiger partial charge in [0.25, 0.3) is 0 Å². The van der Waals surface area contributed by atoms with Gasteiger partial charge in [-0.3, -0.25) is 4.90 Å². The van der Waals surface area contributed by atoms with Crippen LogP contribution in [0.5, 0.6) is 0 Å². The van der Waals surface area contributed by atoms with E-state index in [1.165, 1.54) is 19.4 Å². The Morgan fingerprint density at radius 1 is 1.33 bits per heavy atom. The van der Waals surface area contributed by atoms with Gasteiger partial charge in [-0.05, 0) is 19.4 Å². The molecule has 0 aromatic rings. The summed E-state index contributed by atoms with van der Waals surface area (Å²) in [5.41, 5.74) is 0. The Labute approximate surface area is 94.2 Å². The molecule has 0 aromatic carbocycles. The summed E-state index contributed by atoms with van der Waals surface area (Å²) < 4.78 is 5.46. The van der Waals surface area contributed by atoms with E-state index >= 15 is 0 Å². The molecule has 0 aromatic heterocycles. The van der Waals surface area contributed by atoms with Crippen molar-refractivity contribution in [2.24, 2.45) is 5.92 Å². The molecule has 3 nitrogen and oxygen atoms in total. The third-order valence-electron chi connectivity index (χ3n) is 3.47. The molecule has 0 amide bonds. The quantitative estimate of drug-likeness (QED) is 0.747. The molecule has 0 aliphatic carbocycles. The molecular weight excluding hydrogens is 188 g/mol. The zero-order chi connectivity index (χ0) is 11.1. The van der Waals surface area contributed by atoms with Crippen molar-refractivity contribution < 1.29 is 4.74 Å². The van der Waals surface area contributed by atoms with Gasteiger partial charge in [-0.15, -0.1) is 0 Å². The molecule has 3 heteroatoms. The lowest BCUT2D eigenvalue weighted by Crippen LogP contribution is -2.44. The molecule has 0 radical (unpaired) electrons. The predicted molar refractivity (Wildman–Crippen MR) is 64.2 cm³/mol. The molecule has 1 aliphatic rings. The molecule has 1 N–H and O–H groups in total. The maximum Gasteiger partial charge on any atom is 0.0593 e. The van der Waals surface area contributed by atoms with Crippen molar-refractivity contribution in [1.82, 2.24) is 10.2 Å². The lowest BCUT2D eigenvalue weighted by molar-refractivity contribution is 0.137. The number of nitrogens with one attached hydrogen (secondary N) is 1. The summed E-state index contributed by atoms with van der Waals surface area (Å²) in [6.07, 6.45) is 2.42. The van der Waals surface area contributed by atoms with Gasteiger partial charge in [0.2, 0.25) is 0 Å². The summed E-state index contributed by atoms with van der Waals surface area (Å²) in [6.45, 7) is 9.87. The molecule has 0 spiro atoms. The molecule has 15 heavy (non-hydrogen) atoms. The molecule has 90 valence electrons. The maximum atomic E-state index is 5.46. The van der Waals surface area contributed by atoms with Crippen LogP contribution in [0.4, 0.5) is 0 Å². The molecule has 1 aliphatic heterocycles. The summed E-state index contributed by atoms with van der Waals surface area (Å²) in [6, 6.07) is 0.619. The first-order valence-electron chi connectivity index (χ1n) is 6.25. The van der Waals surface area contributed by atoms with Crippen molar-refractivity contribution in [2.75, 3.05) is 39.9 Å². The fraction of sp³-hybridized carbons (Fsp3) is 1.00. The number of nitrogens with zero attached hydrogens (tertiary/aromatic N) is 1. The Balaban J connectivity index is 2.35. The number of hydrogen-bond acceptors (Lipinski definition) is 3. The lowest BCUT2D eigenvalue weighted by atomic mass is 9.99. The van der Waals surface area contributed by atoms with Crippen molar-refractivity contribution in [3.05, 3.63) is 0 Å². The fourth-order valence-corrected chi connectivity index (χ4v) is 2.10. The Kier molecular flexibility index (Phi) is 6.22. The summed E-state index contributed by atoms with van der Waals surface area (Å²) in [5.74, 6) is 0.749. The van der Waals surface area contributed by atoms with Crippen LogP contribution in [0, 0.1) is 5.92 Å². The van der Waals surface area contributed by atoms with Gasteiger partial charge in [0.1, 0.15) is 0 Å². The van der Waals surface area contributed by atoms with Gasteiger partial charge >= 0.3 is 0 Å². The molecule has 2 unspecified atom stereocenters. The van der Waals surface area contributed by atoms with Gasteiger partial charge in [-0.25, -0.2) is 0 Å². The SMILES string of the molecule is CCC(C)C(CN1CCCOCC1)NC. The number of ether oxygens (including phenoxy) is 1. The van der Waals surface area contributed by atoms with Crippen molar-refractivity contribution in [3.63, 3.8) is 0 Å². The second kappa shape index (κ2) is 7.20. The largest absolute Gasteiger partial charge is 0.380 e. The molecule has 0 bridgehead atoms. The highest BCUT2D eigenvalue weighted by Gasteiger charge is 2.18. The maximum absolute atomic E-state index is 5.46. The Hall–Kier alpha value is -0.120. The first-order chi connectivity index (χ1) is 7.27. The number of rotatable bonds is 5. The van der Waals surface area contributed by atoms with Gasteiger partial charge < -0.3 is 10.1 Å². The highest BCUT2D eigenvalue weighted by molar-refractivity contribution is 4.76. The third kappa shape index (κ3) is 4.49. The molecule has 1 saturated heterocycles. The van der Waals surface area contributed by atoms with Gasteiger partial charge in [0.15, 0.2) is 0 Å². The summed E-state index contributed by atoms with van der Waals surface area (Å²) in [4.78, 5) is 2.53. The van der Waals surface area contributed by atoms with E-state index in [1.807, 2.05) is 0 Å². The highest BCUT2D eigenvalue weighted by atomic mass is 16.5. The first kappa shape index (κ1) is 12.9. The third-order valence-corrected chi connectivity index (χ3v) is 3.47. The molecule has 1 fully saturated rings. The van der Waals surface area contributed by atoms with E-state index in [-0.39, 0.29) is 0 Å².